The highest BCUT2D eigenvalue weighted by atomic mass is 35.5. The maximum atomic E-state index is 12.2. The van der Waals surface area contributed by atoms with Crippen molar-refractivity contribution in [3.8, 4) is 5.75 Å². The van der Waals surface area contributed by atoms with Gasteiger partial charge >= 0.3 is 6.03 Å². The molecule has 0 radical (unpaired) electrons. The largest absolute Gasteiger partial charge is 0.490 e. The van der Waals surface area contributed by atoms with Crippen LogP contribution < -0.4 is 15.4 Å². The Balaban J connectivity index is 2.07. The number of hydrogen-bond donors (Lipinski definition) is 3. The smallest absolute Gasteiger partial charge is 0.319 e. The molecular formula is C15H21ClN2O3. The number of aliphatic hydroxyl groups is 1. The first-order chi connectivity index (χ1) is 10.1. The standard InChI is InChI=1S/C15H21ClN2O3/c1-2-21-13-11(16)6-5-7-12(13)17-14(20)18-15(10-19)8-3-4-9-15/h5-7,19H,2-4,8-10H2,1H3,(H2,17,18,20). The van der Waals surface area contributed by atoms with Crippen LogP contribution in [0.15, 0.2) is 18.2 Å². The first-order valence-corrected chi connectivity index (χ1v) is 7.59. The summed E-state index contributed by atoms with van der Waals surface area (Å²) < 4.78 is 5.47. The molecule has 2 amide bonds. The van der Waals surface area contributed by atoms with Gasteiger partial charge < -0.3 is 20.5 Å². The lowest BCUT2D eigenvalue weighted by molar-refractivity contribution is 0.167. The van der Waals surface area contributed by atoms with Crippen LogP contribution in [0.5, 0.6) is 5.75 Å². The molecule has 2 rings (SSSR count). The molecule has 0 spiro atoms. The normalized spacial score (nSPS) is 16.5. The summed E-state index contributed by atoms with van der Waals surface area (Å²) in [5, 5.41) is 15.6. The zero-order valence-corrected chi connectivity index (χ0v) is 12.9. The van der Waals surface area contributed by atoms with Crippen LogP contribution in [0.3, 0.4) is 0 Å². The molecule has 1 aliphatic rings. The Morgan fingerprint density at radius 2 is 2.14 bits per heavy atom. The van der Waals surface area contributed by atoms with Crippen LogP contribution in [0.25, 0.3) is 0 Å². The van der Waals surface area contributed by atoms with E-state index in [9.17, 15) is 9.90 Å². The summed E-state index contributed by atoms with van der Waals surface area (Å²) in [5.41, 5.74) is 0.0157. The number of carbonyl (C=O) groups is 1. The lowest BCUT2D eigenvalue weighted by Crippen LogP contribution is -2.50. The van der Waals surface area contributed by atoms with Crippen molar-refractivity contribution < 1.29 is 14.6 Å². The molecule has 0 aromatic heterocycles. The average Bonchev–Trinajstić information content (AvgIpc) is 2.91. The Bertz CT molecular complexity index is 502. The molecule has 0 unspecified atom stereocenters. The number of para-hydroxylation sites is 1. The molecule has 6 heteroatoms. The zero-order valence-electron chi connectivity index (χ0n) is 12.1. The number of rotatable bonds is 5. The van der Waals surface area contributed by atoms with Gasteiger partial charge in [0.1, 0.15) is 0 Å². The molecule has 1 saturated carbocycles. The van der Waals surface area contributed by atoms with E-state index in [0.29, 0.717) is 23.1 Å². The molecule has 1 fully saturated rings. The van der Waals surface area contributed by atoms with Gasteiger partial charge in [0.15, 0.2) is 5.75 Å². The molecule has 5 nitrogen and oxygen atoms in total. The van der Waals surface area contributed by atoms with E-state index in [1.54, 1.807) is 18.2 Å². The number of ether oxygens (including phenoxy) is 1. The molecule has 0 heterocycles. The maximum absolute atomic E-state index is 12.2. The fourth-order valence-electron chi connectivity index (χ4n) is 2.67. The van der Waals surface area contributed by atoms with E-state index in [1.807, 2.05) is 6.92 Å². The number of carbonyl (C=O) groups excluding carboxylic acids is 1. The van der Waals surface area contributed by atoms with Crippen molar-refractivity contribution >= 4 is 23.3 Å². The summed E-state index contributed by atoms with van der Waals surface area (Å²) in [7, 11) is 0. The molecule has 0 aliphatic heterocycles. The second-order valence-electron chi connectivity index (χ2n) is 5.27. The van der Waals surface area contributed by atoms with Crippen molar-refractivity contribution in [2.45, 2.75) is 38.1 Å². The minimum Gasteiger partial charge on any atom is -0.490 e. The molecule has 0 bridgehead atoms. The molecule has 116 valence electrons. The second-order valence-corrected chi connectivity index (χ2v) is 5.68. The fourth-order valence-corrected chi connectivity index (χ4v) is 2.90. The van der Waals surface area contributed by atoms with Crippen LogP contribution in [0.4, 0.5) is 10.5 Å². The third kappa shape index (κ3) is 3.80. The first kappa shape index (κ1) is 15.9. The molecule has 1 aromatic carbocycles. The van der Waals surface area contributed by atoms with Gasteiger partial charge in [-0.1, -0.05) is 30.5 Å². The lowest BCUT2D eigenvalue weighted by atomic mass is 9.99. The van der Waals surface area contributed by atoms with Crippen molar-refractivity contribution in [3.05, 3.63) is 23.2 Å². The van der Waals surface area contributed by atoms with E-state index in [1.165, 1.54) is 0 Å². The van der Waals surface area contributed by atoms with Crippen molar-refractivity contribution in [3.63, 3.8) is 0 Å². The van der Waals surface area contributed by atoms with E-state index in [4.69, 9.17) is 16.3 Å². The van der Waals surface area contributed by atoms with E-state index in [0.717, 1.165) is 25.7 Å². The predicted octanol–water partition coefficient (Wildman–Crippen LogP) is 3.17. The van der Waals surface area contributed by atoms with Gasteiger partial charge in [0.05, 0.1) is 29.5 Å². The van der Waals surface area contributed by atoms with Crippen LogP contribution in [0.2, 0.25) is 5.02 Å². The summed E-state index contributed by atoms with van der Waals surface area (Å²) in [6, 6.07) is 4.84. The highest BCUT2D eigenvalue weighted by Gasteiger charge is 2.34. The van der Waals surface area contributed by atoms with Gasteiger partial charge in [-0.3, -0.25) is 0 Å². The van der Waals surface area contributed by atoms with E-state index >= 15 is 0 Å². The van der Waals surface area contributed by atoms with Crippen LogP contribution in [0, 0.1) is 0 Å². The zero-order chi connectivity index (χ0) is 15.3. The van der Waals surface area contributed by atoms with Crippen molar-refractivity contribution in [2.24, 2.45) is 0 Å². The Kier molecular flexibility index (Phi) is 5.31. The van der Waals surface area contributed by atoms with Gasteiger partial charge in [-0.15, -0.1) is 0 Å². The van der Waals surface area contributed by atoms with Gasteiger partial charge in [-0.25, -0.2) is 4.79 Å². The summed E-state index contributed by atoms with van der Waals surface area (Å²) in [5.74, 6) is 0.460. The summed E-state index contributed by atoms with van der Waals surface area (Å²) >= 11 is 6.08. The molecule has 0 atom stereocenters. The number of anilines is 1. The number of halogens is 1. The molecule has 1 aromatic rings. The number of aliphatic hydroxyl groups excluding tert-OH is 1. The Morgan fingerprint density at radius 1 is 1.43 bits per heavy atom. The molecule has 1 aliphatic carbocycles. The van der Waals surface area contributed by atoms with Crippen molar-refractivity contribution in [1.82, 2.24) is 5.32 Å². The van der Waals surface area contributed by atoms with E-state index in [-0.39, 0.29) is 12.6 Å². The second kappa shape index (κ2) is 7.00. The van der Waals surface area contributed by atoms with Crippen LogP contribution in [0.1, 0.15) is 32.6 Å². The van der Waals surface area contributed by atoms with E-state index in [2.05, 4.69) is 10.6 Å². The van der Waals surface area contributed by atoms with Gasteiger partial charge in [0.2, 0.25) is 0 Å². The quantitative estimate of drug-likeness (QED) is 0.782. The van der Waals surface area contributed by atoms with Crippen molar-refractivity contribution in [2.75, 3.05) is 18.5 Å². The Morgan fingerprint density at radius 3 is 2.76 bits per heavy atom. The third-order valence-electron chi connectivity index (χ3n) is 3.75. The number of nitrogens with one attached hydrogen (secondary N) is 2. The fraction of sp³-hybridized carbons (Fsp3) is 0.533. The molecule has 21 heavy (non-hydrogen) atoms. The predicted molar refractivity (Wildman–Crippen MR) is 83.1 cm³/mol. The van der Waals surface area contributed by atoms with Gasteiger partial charge in [0, 0.05) is 0 Å². The first-order valence-electron chi connectivity index (χ1n) is 7.21. The SMILES string of the molecule is CCOc1c(Cl)cccc1NC(=O)NC1(CO)CCCC1. The van der Waals surface area contributed by atoms with Crippen molar-refractivity contribution in [1.29, 1.82) is 0 Å². The van der Waals surface area contributed by atoms with Crippen LogP contribution in [-0.2, 0) is 0 Å². The number of hydrogen-bond acceptors (Lipinski definition) is 3. The summed E-state index contributed by atoms with van der Waals surface area (Å²) in [6.45, 7) is 2.27. The highest BCUT2D eigenvalue weighted by Crippen LogP contribution is 2.33. The average molecular weight is 313 g/mol. The van der Waals surface area contributed by atoms with Crippen LogP contribution in [-0.4, -0.2) is 29.9 Å². The minimum atomic E-state index is -0.506. The highest BCUT2D eigenvalue weighted by molar-refractivity contribution is 6.32. The van der Waals surface area contributed by atoms with Gasteiger partial charge in [-0.05, 0) is 31.9 Å². The summed E-state index contributed by atoms with van der Waals surface area (Å²) in [6.07, 6.45) is 3.62. The summed E-state index contributed by atoms with van der Waals surface area (Å²) in [4.78, 5) is 12.2. The lowest BCUT2D eigenvalue weighted by Gasteiger charge is -2.28. The molecule has 3 N–H and O–H groups in total. The Hall–Kier alpha value is -1.46. The topological polar surface area (TPSA) is 70.6 Å². The monoisotopic (exact) mass is 312 g/mol. The molecular weight excluding hydrogens is 292 g/mol. The van der Waals surface area contributed by atoms with Crippen LogP contribution >= 0.6 is 11.6 Å². The van der Waals surface area contributed by atoms with Gasteiger partial charge in [-0.2, -0.15) is 0 Å². The molecule has 0 saturated heterocycles. The number of benzene rings is 1. The number of amides is 2. The number of urea groups is 1. The Labute approximate surface area is 129 Å². The minimum absolute atomic E-state index is 0.0473. The maximum Gasteiger partial charge on any atom is 0.319 e. The van der Waals surface area contributed by atoms with Gasteiger partial charge in [0.25, 0.3) is 0 Å². The third-order valence-corrected chi connectivity index (χ3v) is 4.04. The van der Waals surface area contributed by atoms with E-state index < -0.39 is 5.54 Å².